The molecule has 0 aromatic rings. The Labute approximate surface area is 200 Å². The summed E-state index contributed by atoms with van der Waals surface area (Å²) in [6.45, 7) is 11.5. The van der Waals surface area contributed by atoms with Gasteiger partial charge in [-0.2, -0.15) is 14.9 Å². The Kier molecular flexibility index (Phi) is 12.1. The number of rotatable bonds is 8. The maximum atomic E-state index is 7.67. The second kappa shape index (κ2) is 12.5. The molecule has 8 heteroatoms. The van der Waals surface area contributed by atoms with Gasteiger partial charge in [0.25, 0.3) is 0 Å². The predicted molar refractivity (Wildman–Crippen MR) is 131 cm³/mol. The molecule has 174 valence electrons. The molecule has 30 heavy (non-hydrogen) atoms. The number of methoxy groups -OCH3 is 2. The van der Waals surface area contributed by atoms with E-state index in [4.69, 9.17) is 17.0 Å². The zero-order chi connectivity index (χ0) is 20.4. The quantitative estimate of drug-likeness (QED) is 0.267. The van der Waals surface area contributed by atoms with Gasteiger partial charge in [-0.05, 0) is 37.8 Å². The molecule has 1 saturated carbocycles. The SMILES string of the molecule is [B][P+]([C@@H]1[CH-]C([Si](C)(C)C)CCC1)(N1CCC[C@H]1COC)N1CCC[C@H]1COC.[CH3-].[Fe+2]. The summed E-state index contributed by atoms with van der Waals surface area (Å²) >= 11 is 0. The average Bonchev–Trinajstić information content (AvgIpc) is 3.31. The van der Waals surface area contributed by atoms with E-state index in [1.807, 2.05) is 14.2 Å². The Hall–Kier alpha value is 1.07. The van der Waals surface area contributed by atoms with Crippen molar-refractivity contribution in [3.8, 4) is 0 Å². The summed E-state index contributed by atoms with van der Waals surface area (Å²) in [7, 11) is 8.20. The van der Waals surface area contributed by atoms with Crippen LogP contribution in [0, 0.1) is 13.8 Å². The van der Waals surface area contributed by atoms with Gasteiger partial charge in [0, 0.05) is 35.4 Å². The van der Waals surface area contributed by atoms with Crippen molar-refractivity contribution >= 4 is 23.1 Å². The molecule has 2 aliphatic heterocycles. The fourth-order valence-electron chi connectivity index (χ4n) is 5.78. The molecule has 0 bridgehead atoms. The first-order valence-corrected chi connectivity index (χ1v) is 16.8. The first-order valence-electron chi connectivity index (χ1n) is 11.4. The molecule has 0 N–H and O–H groups in total. The molecule has 3 rings (SSSR count). The van der Waals surface area contributed by atoms with Gasteiger partial charge in [0.2, 0.25) is 0 Å². The van der Waals surface area contributed by atoms with Crippen LogP contribution in [0.3, 0.4) is 0 Å². The van der Waals surface area contributed by atoms with Crippen molar-refractivity contribution < 1.29 is 26.5 Å². The molecule has 0 amide bonds. The molecule has 3 aliphatic rings. The van der Waals surface area contributed by atoms with Crippen LogP contribution in [0.5, 0.6) is 0 Å². The maximum Gasteiger partial charge on any atom is 2.00 e. The molecule has 2 radical (unpaired) electrons. The molecule has 2 heterocycles. The summed E-state index contributed by atoms with van der Waals surface area (Å²) in [4.78, 5) is 0. The second-order valence-corrected chi connectivity index (χ2v) is 18.8. The van der Waals surface area contributed by atoms with Crippen LogP contribution in [-0.4, -0.2) is 83.2 Å². The molecule has 0 aromatic carbocycles. The van der Waals surface area contributed by atoms with Crippen molar-refractivity contribution in [3.05, 3.63) is 13.8 Å². The number of hydrogen-bond donors (Lipinski definition) is 0. The predicted octanol–water partition coefficient (Wildman–Crippen LogP) is 5.05. The molecule has 1 aliphatic carbocycles. The van der Waals surface area contributed by atoms with Gasteiger partial charge in [0.05, 0.1) is 32.7 Å². The molecule has 1 unspecified atom stereocenters. The van der Waals surface area contributed by atoms with E-state index in [0.717, 1.165) is 31.8 Å². The van der Waals surface area contributed by atoms with Gasteiger partial charge >= 0.3 is 24.6 Å². The van der Waals surface area contributed by atoms with E-state index in [9.17, 15) is 0 Å². The van der Waals surface area contributed by atoms with Crippen LogP contribution in [0.2, 0.25) is 25.2 Å². The zero-order valence-corrected chi connectivity index (χ0v) is 23.3. The minimum atomic E-state index is -1.95. The largest absolute Gasteiger partial charge is 2.00 e. The molecule has 4 atom stereocenters. The van der Waals surface area contributed by atoms with Crippen molar-refractivity contribution in [2.24, 2.45) is 0 Å². The van der Waals surface area contributed by atoms with Crippen LogP contribution < -0.4 is 0 Å². The Balaban J connectivity index is 0.00000225. The van der Waals surface area contributed by atoms with Gasteiger partial charge < -0.3 is 16.9 Å². The monoisotopic (exact) mass is 495 g/mol. The molecular formula is C22H45BFeN2O2PSi+. The zero-order valence-electron chi connectivity index (χ0n) is 20.3. The van der Waals surface area contributed by atoms with Crippen molar-refractivity contribution in [2.45, 2.75) is 87.9 Å². The second-order valence-electron chi connectivity index (χ2n) is 10.2. The van der Waals surface area contributed by atoms with Crippen molar-refractivity contribution in [2.75, 3.05) is 40.5 Å². The van der Waals surface area contributed by atoms with Crippen molar-refractivity contribution in [3.63, 3.8) is 0 Å². The molecular weight excluding hydrogens is 450 g/mol. The topological polar surface area (TPSA) is 24.9 Å². The summed E-state index contributed by atoms with van der Waals surface area (Å²) in [5.74, 6) is 0. The summed E-state index contributed by atoms with van der Waals surface area (Å²) in [6.07, 6.45) is 11.7. The summed E-state index contributed by atoms with van der Waals surface area (Å²) in [6, 6.07) is 0.959. The van der Waals surface area contributed by atoms with E-state index in [1.54, 1.807) is 0 Å². The first-order chi connectivity index (χ1) is 13.3. The van der Waals surface area contributed by atoms with Crippen LogP contribution in [-0.2, 0) is 26.5 Å². The van der Waals surface area contributed by atoms with Crippen molar-refractivity contribution in [1.29, 1.82) is 0 Å². The van der Waals surface area contributed by atoms with E-state index in [0.29, 0.717) is 17.7 Å². The molecule has 0 aromatic heterocycles. The first kappa shape index (κ1) is 29.1. The van der Waals surface area contributed by atoms with Crippen LogP contribution in [0.1, 0.15) is 44.9 Å². The summed E-state index contributed by atoms with van der Waals surface area (Å²) in [5.41, 5.74) is 1.33. The van der Waals surface area contributed by atoms with E-state index in [1.165, 1.54) is 44.9 Å². The number of hydrogen-bond acceptors (Lipinski definition) is 4. The number of nitrogens with zero attached hydrogens (tertiary/aromatic N) is 2. The Morgan fingerprint density at radius 1 is 0.900 bits per heavy atom. The Bertz CT molecular complexity index is 490. The van der Waals surface area contributed by atoms with Crippen LogP contribution in [0.15, 0.2) is 0 Å². The van der Waals surface area contributed by atoms with E-state index in [-0.39, 0.29) is 24.5 Å². The van der Waals surface area contributed by atoms with Crippen LogP contribution in [0.4, 0.5) is 0 Å². The van der Waals surface area contributed by atoms with E-state index < -0.39 is 15.5 Å². The van der Waals surface area contributed by atoms with Gasteiger partial charge in [-0.1, -0.05) is 32.5 Å². The minimum Gasteiger partial charge on any atom is -0.383 e. The van der Waals surface area contributed by atoms with Gasteiger partial charge in [-0.15, -0.1) is 0 Å². The fourth-order valence-corrected chi connectivity index (χ4v) is 12.2. The third kappa shape index (κ3) is 6.14. The molecule has 2 saturated heterocycles. The van der Waals surface area contributed by atoms with Gasteiger partial charge in [0.1, 0.15) is 0 Å². The third-order valence-electron chi connectivity index (χ3n) is 7.30. The standard InChI is InChI=1S/C21H42BN2O2PSi.CH3.Fe/c1-25-16-18-9-7-13-23(18)27(22,24-14-8-10-19(24)17-26-2)20-11-6-12-21(15-20)28(3,4)5;;/h15,18-21H,6-14,16-17H2,1-5H3;1H3;/q;-1;+2/t18-,19-,20-,21?;;/m0../s1. The average molecular weight is 495 g/mol. The maximum absolute atomic E-state index is 7.67. The number of ether oxygens (including phenoxy) is 2. The molecule has 4 nitrogen and oxygen atoms in total. The Morgan fingerprint density at radius 2 is 1.40 bits per heavy atom. The van der Waals surface area contributed by atoms with Gasteiger partial charge in [0.15, 0.2) is 0 Å². The molecule has 0 spiro atoms. The minimum absolute atomic E-state index is 0. The van der Waals surface area contributed by atoms with Gasteiger partial charge in [-0.25, -0.2) is 0 Å². The summed E-state index contributed by atoms with van der Waals surface area (Å²) < 4.78 is 16.7. The third-order valence-corrected chi connectivity index (χ3v) is 14.1. The van der Waals surface area contributed by atoms with E-state index >= 15 is 0 Å². The van der Waals surface area contributed by atoms with Crippen molar-refractivity contribution in [1.82, 2.24) is 9.34 Å². The van der Waals surface area contributed by atoms with Crippen LogP contribution in [0.25, 0.3) is 0 Å². The Morgan fingerprint density at radius 3 is 1.83 bits per heavy atom. The fraction of sp³-hybridized carbons (Fsp3) is 0.909. The van der Waals surface area contributed by atoms with Crippen LogP contribution >= 0.6 is 7.44 Å². The molecule has 3 fully saturated rings. The normalized spacial score (nSPS) is 31.4. The summed E-state index contributed by atoms with van der Waals surface area (Å²) in [5, 5.41) is 0. The van der Waals surface area contributed by atoms with Gasteiger partial charge in [-0.3, -0.25) is 6.42 Å². The van der Waals surface area contributed by atoms with E-state index in [2.05, 4.69) is 35.4 Å². The smallest absolute Gasteiger partial charge is 0.383 e.